The summed E-state index contributed by atoms with van der Waals surface area (Å²) >= 11 is 1.83. The van der Waals surface area contributed by atoms with E-state index in [4.69, 9.17) is 5.84 Å². The van der Waals surface area contributed by atoms with Crippen LogP contribution >= 0.6 is 11.3 Å². The second-order valence-corrected chi connectivity index (χ2v) is 5.80. The van der Waals surface area contributed by atoms with Crippen LogP contribution in [0.5, 0.6) is 0 Å². The number of hydrazine groups is 1. The molecule has 0 aliphatic rings. The molecule has 1 aromatic heterocycles. The fourth-order valence-corrected chi connectivity index (χ4v) is 3.07. The molecule has 1 atom stereocenters. The minimum Gasteiger partial charge on any atom is -0.271 e. The van der Waals surface area contributed by atoms with E-state index in [0.717, 1.165) is 6.42 Å². The molecule has 3 heteroatoms. The summed E-state index contributed by atoms with van der Waals surface area (Å²) in [5.74, 6) is 5.73. The number of hydrogen-bond acceptors (Lipinski definition) is 3. The molecule has 3 N–H and O–H groups in total. The molecule has 0 fully saturated rings. The molecule has 2 nitrogen and oxygen atoms in total. The Morgan fingerprint density at radius 1 is 1.17 bits per heavy atom. The first kappa shape index (κ1) is 13.3. The van der Waals surface area contributed by atoms with Gasteiger partial charge in [-0.05, 0) is 49.1 Å². The molecular formula is C15H20N2S. The zero-order valence-electron chi connectivity index (χ0n) is 11.2. The van der Waals surface area contributed by atoms with Crippen LogP contribution in [0.2, 0.25) is 0 Å². The van der Waals surface area contributed by atoms with Crippen molar-refractivity contribution >= 4 is 11.3 Å². The normalized spacial score (nSPS) is 12.7. The summed E-state index contributed by atoms with van der Waals surface area (Å²) in [6.07, 6.45) is 1.08. The Kier molecular flexibility index (Phi) is 4.17. The van der Waals surface area contributed by atoms with Gasteiger partial charge < -0.3 is 0 Å². The maximum absolute atomic E-state index is 5.73. The second-order valence-electron chi connectivity index (χ2n) is 4.60. The Hall–Kier alpha value is -1.16. The fraction of sp³-hybridized carbons (Fsp3) is 0.333. The molecule has 0 aliphatic heterocycles. The highest BCUT2D eigenvalue weighted by Crippen LogP contribution is 2.29. The molecule has 0 saturated heterocycles. The van der Waals surface area contributed by atoms with Crippen LogP contribution in [0.25, 0.3) is 0 Å². The molecule has 0 amide bonds. The third-order valence-corrected chi connectivity index (χ3v) is 4.64. The standard InChI is InChI=1S/C15H20N2S/c1-4-13-7-8-14(18-13)15(17-16)12-6-5-10(2)11(3)9-12/h5-9,15,17H,4,16H2,1-3H3. The van der Waals surface area contributed by atoms with Crippen molar-refractivity contribution in [2.24, 2.45) is 5.84 Å². The van der Waals surface area contributed by atoms with Gasteiger partial charge in [0.05, 0.1) is 6.04 Å². The summed E-state index contributed by atoms with van der Waals surface area (Å²) in [6.45, 7) is 6.44. The maximum Gasteiger partial charge on any atom is 0.0802 e. The summed E-state index contributed by atoms with van der Waals surface area (Å²) < 4.78 is 0. The highest BCUT2D eigenvalue weighted by atomic mass is 32.1. The van der Waals surface area contributed by atoms with Crippen molar-refractivity contribution in [3.05, 3.63) is 56.8 Å². The van der Waals surface area contributed by atoms with E-state index in [2.05, 4.69) is 56.5 Å². The highest BCUT2D eigenvalue weighted by Gasteiger charge is 2.14. The van der Waals surface area contributed by atoms with Gasteiger partial charge in [0.15, 0.2) is 0 Å². The van der Waals surface area contributed by atoms with Crippen molar-refractivity contribution in [1.29, 1.82) is 0 Å². The van der Waals surface area contributed by atoms with Crippen LogP contribution in [-0.2, 0) is 6.42 Å². The molecule has 96 valence electrons. The lowest BCUT2D eigenvalue weighted by atomic mass is 10.0. The van der Waals surface area contributed by atoms with Crippen molar-refractivity contribution in [3.8, 4) is 0 Å². The van der Waals surface area contributed by atoms with Crippen molar-refractivity contribution in [2.75, 3.05) is 0 Å². The molecule has 1 unspecified atom stereocenters. The average molecular weight is 260 g/mol. The van der Waals surface area contributed by atoms with E-state index in [-0.39, 0.29) is 6.04 Å². The van der Waals surface area contributed by atoms with Crippen LogP contribution in [0.3, 0.4) is 0 Å². The number of rotatable bonds is 4. The number of aryl methyl sites for hydroxylation is 3. The number of benzene rings is 1. The van der Waals surface area contributed by atoms with Crippen molar-refractivity contribution in [2.45, 2.75) is 33.2 Å². The summed E-state index contributed by atoms with van der Waals surface area (Å²) in [5, 5.41) is 0. The van der Waals surface area contributed by atoms with Gasteiger partial charge in [-0.3, -0.25) is 5.84 Å². The predicted octanol–water partition coefficient (Wildman–Crippen LogP) is 3.48. The largest absolute Gasteiger partial charge is 0.271 e. The molecule has 1 heterocycles. The van der Waals surface area contributed by atoms with Gasteiger partial charge in [0.2, 0.25) is 0 Å². The van der Waals surface area contributed by atoms with Crippen molar-refractivity contribution in [3.63, 3.8) is 0 Å². The Bertz CT molecular complexity index is 531. The van der Waals surface area contributed by atoms with Crippen LogP contribution in [0.1, 0.15) is 39.4 Å². The van der Waals surface area contributed by atoms with Crippen LogP contribution in [0.15, 0.2) is 30.3 Å². The molecule has 0 bridgehead atoms. The molecular weight excluding hydrogens is 240 g/mol. The smallest absolute Gasteiger partial charge is 0.0802 e. The third-order valence-electron chi connectivity index (χ3n) is 3.35. The van der Waals surface area contributed by atoms with E-state index in [0.29, 0.717) is 0 Å². The van der Waals surface area contributed by atoms with Gasteiger partial charge in [-0.2, -0.15) is 0 Å². The molecule has 0 saturated carbocycles. The van der Waals surface area contributed by atoms with E-state index in [1.54, 1.807) is 0 Å². The van der Waals surface area contributed by atoms with Crippen LogP contribution in [-0.4, -0.2) is 0 Å². The molecule has 0 radical (unpaired) electrons. The Labute approximate surface area is 113 Å². The van der Waals surface area contributed by atoms with Gasteiger partial charge >= 0.3 is 0 Å². The first-order chi connectivity index (χ1) is 8.65. The zero-order chi connectivity index (χ0) is 13.1. The van der Waals surface area contributed by atoms with E-state index in [1.165, 1.54) is 26.4 Å². The quantitative estimate of drug-likeness (QED) is 0.652. The predicted molar refractivity (Wildman–Crippen MR) is 78.8 cm³/mol. The first-order valence-corrected chi connectivity index (χ1v) is 7.09. The maximum atomic E-state index is 5.73. The number of nitrogens with one attached hydrogen (secondary N) is 1. The Morgan fingerprint density at radius 2 is 1.94 bits per heavy atom. The second kappa shape index (κ2) is 5.65. The van der Waals surface area contributed by atoms with Gasteiger partial charge in [0.25, 0.3) is 0 Å². The number of nitrogens with two attached hydrogens (primary N) is 1. The molecule has 1 aromatic carbocycles. The van der Waals surface area contributed by atoms with Crippen LogP contribution < -0.4 is 11.3 Å². The van der Waals surface area contributed by atoms with E-state index < -0.39 is 0 Å². The Morgan fingerprint density at radius 3 is 2.50 bits per heavy atom. The van der Waals surface area contributed by atoms with Crippen LogP contribution in [0, 0.1) is 13.8 Å². The average Bonchev–Trinajstić information content (AvgIpc) is 2.83. The van der Waals surface area contributed by atoms with E-state index >= 15 is 0 Å². The summed E-state index contributed by atoms with van der Waals surface area (Å²) in [5.41, 5.74) is 6.78. The van der Waals surface area contributed by atoms with E-state index in [1.807, 2.05) is 11.3 Å². The van der Waals surface area contributed by atoms with Gasteiger partial charge in [0.1, 0.15) is 0 Å². The first-order valence-electron chi connectivity index (χ1n) is 6.27. The molecule has 0 aliphatic carbocycles. The monoisotopic (exact) mass is 260 g/mol. The fourth-order valence-electron chi connectivity index (χ4n) is 2.03. The number of hydrogen-bond donors (Lipinski definition) is 2. The lowest BCUT2D eigenvalue weighted by Crippen LogP contribution is -2.28. The zero-order valence-corrected chi connectivity index (χ0v) is 12.0. The molecule has 2 aromatic rings. The van der Waals surface area contributed by atoms with Gasteiger partial charge in [-0.15, -0.1) is 11.3 Å². The SMILES string of the molecule is CCc1ccc(C(NN)c2ccc(C)c(C)c2)s1. The lowest BCUT2D eigenvalue weighted by molar-refractivity contribution is 0.646. The number of thiophene rings is 1. The summed E-state index contributed by atoms with van der Waals surface area (Å²) in [6, 6.07) is 11.0. The highest BCUT2D eigenvalue weighted by molar-refractivity contribution is 7.12. The minimum absolute atomic E-state index is 0.0922. The lowest BCUT2D eigenvalue weighted by Gasteiger charge is -2.16. The van der Waals surface area contributed by atoms with Gasteiger partial charge in [-0.1, -0.05) is 25.1 Å². The van der Waals surface area contributed by atoms with Gasteiger partial charge in [0, 0.05) is 9.75 Å². The summed E-state index contributed by atoms with van der Waals surface area (Å²) in [4.78, 5) is 2.67. The van der Waals surface area contributed by atoms with Crippen LogP contribution in [0.4, 0.5) is 0 Å². The molecule has 18 heavy (non-hydrogen) atoms. The third kappa shape index (κ3) is 2.64. The Balaban J connectivity index is 2.35. The van der Waals surface area contributed by atoms with Gasteiger partial charge in [-0.25, -0.2) is 5.43 Å². The van der Waals surface area contributed by atoms with E-state index in [9.17, 15) is 0 Å². The molecule has 2 rings (SSSR count). The topological polar surface area (TPSA) is 38.0 Å². The summed E-state index contributed by atoms with van der Waals surface area (Å²) in [7, 11) is 0. The molecule has 0 spiro atoms. The van der Waals surface area contributed by atoms with Crippen molar-refractivity contribution < 1.29 is 0 Å². The minimum atomic E-state index is 0.0922. The van der Waals surface area contributed by atoms with Crippen molar-refractivity contribution in [1.82, 2.24) is 5.43 Å².